The average molecular weight is 411 g/mol. The summed E-state index contributed by atoms with van der Waals surface area (Å²) < 4.78 is 5.66. The highest BCUT2D eigenvalue weighted by molar-refractivity contribution is 14.1. The Bertz CT molecular complexity index is 502. The van der Waals surface area contributed by atoms with Crippen LogP contribution >= 0.6 is 33.9 Å². The Morgan fingerprint density at radius 1 is 1.50 bits per heavy atom. The smallest absolute Gasteiger partial charge is 0.326 e. The first-order chi connectivity index (χ1) is 9.43. The minimum atomic E-state index is -1.17. The Balaban J connectivity index is 2.57. The molecule has 1 amide bonds. The van der Waals surface area contributed by atoms with Crippen molar-refractivity contribution in [3.8, 4) is 0 Å². The van der Waals surface area contributed by atoms with Gasteiger partial charge in [-0.25, -0.2) is 4.79 Å². The number of carbonyl (C=O) groups is 3. The average Bonchev–Trinajstić information content (AvgIpc) is 2.81. The second-order valence-corrected chi connectivity index (χ2v) is 6.65. The molecular weight excluding hydrogens is 397 g/mol. The van der Waals surface area contributed by atoms with Crippen LogP contribution in [0.1, 0.15) is 30.1 Å². The maximum atomic E-state index is 11.9. The lowest BCUT2D eigenvalue weighted by Gasteiger charge is -2.13. The zero-order valence-corrected chi connectivity index (χ0v) is 13.7. The van der Waals surface area contributed by atoms with E-state index in [1.165, 1.54) is 11.3 Å². The molecule has 1 rings (SSSR count). The predicted molar refractivity (Wildman–Crippen MR) is 81.8 cm³/mol. The Labute approximate surface area is 133 Å². The number of amides is 1. The number of rotatable bonds is 7. The van der Waals surface area contributed by atoms with Crippen molar-refractivity contribution < 1.29 is 24.2 Å². The summed E-state index contributed by atoms with van der Waals surface area (Å²) in [5.41, 5.74) is 0.418. The molecule has 0 aromatic carbocycles. The Morgan fingerprint density at radius 2 is 2.20 bits per heavy atom. The van der Waals surface area contributed by atoms with Crippen LogP contribution in [0.5, 0.6) is 0 Å². The number of carboxylic acids is 1. The molecular formula is C12H14INO5S. The molecule has 1 atom stereocenters. The van der Waals surface area contributed by atoms with Gasteiger partial charge in [-0.1, -0.05) is 0 Å². The Kier molecular flexibility index (Phi) is 6.93. The van der Waals surface area contributed by atoms with Gasteiger partial charge in [-0.3, -0.25) is 9.59 Å². The lowest BCUT2D eigenvalue weighted by atomic mass is 10.1. The first kappa shape index (κ1) is 16.9. The van der Waals surface area contributed by atoms with Crippen LogP contribution in [-0.4, -0.2) is 35.6 Å². The number of nitrogens with one attached hydrogen (secondary N) is 1. The highest BCUT2D eigenvalue weighted by atomic mass is 127. The molecule has 0 unspecified atom stereocenters. The number of esters is 1. The molecule has 110 valence electrons. The standard InChI is InChI=1S/C12H14INO5S/c1-2-19-10(15)4-3-8(12(17)18)14-11(16)7-5-9(13)20-6-7/h5-6,8H,2-4H2,1H3,(H,14,16)(H,17,18)/t8-/m0/s1. The molecule has 20 heavy (non-hydrogen) atoms. The summed E-state index contributed by atoms with van der Waals surface area (Å²) >= 11 is 3.47. The van der Waals surface area contributed by atoms with Gasteiger partial charge in [0.05, 0.1) is 15.1 Å². The van der Waals surface area contributed by atoms with Gasteiger partial charge in [0.15, 0.2) is 0 Å². The van der Waals surface area contributed by atoms with Gasteiger partial charge in [-0.2, -0.15) is 0 Å². The molecule has 0 aliphatic heterocycles. The lowest BCUT2D eigenvalue weighted by molar-refractivity contribution is -0.144. The third kappa shape index (κ3) is 5.45. The van der Waals surface area contributed by atoms with E-state index in [1.54, 1.807) is 18.4 Å². The van der Waals surface area contributed by atoms with E-state index in [9.17, 15) is 14.4 Å². The summed E-state index contributed by atoms with van der Waals surface area (Å²) in [6, 6.07) is 0.564. The summed E-state index contributed by atoms with van der Waals surface area (Å²) in [7, 11) is 0. The second-order valence-electron chi connectivity index (χ2n) is 3.85. The van der Waals surface area contributed by atoms with Gasteiger partial charge in [0.25, 0.3) is 5.91 Å². The van der Waals surface area contributed by atoms with Crippen molar-refractivity contribution in [2.45, 2.75) is 25.8 Å². The largest absolute Gasteiger partial charge is 0.480 e. The molecule has 1 aromatic heterocycles. The van der Waals surface area contributed by atoms with Crippen LogP contribution in [0.2, 0.25) is 0 Å². The Morgan fingerprint density at radius 3 is 2.70 bits per heavy atom. The van der Waals surface area contributed by atoms with E-state index in [4.69, 9.17) is 9.84 Å². The molecule has 6 nitrogen and oxygen atoms in total. The molecule has 2 N–H and O–H groups in total. The van der Waals surface area contributed by atoms with Gasteiger partial charge in [-0.05, 0) is 42.0 Å². The van der Waals surface area contributed by atoms with Crippen molar-refractivity contribution in [3.05, 3.63) is 19.9 Å². The number of aliphatic carboxylic acids is 1. The molecule has 0 saturated heterocycles. The van der Waals surface area contributed by atoms with Crippen molar-refractivity contribution >= 4 is 51.8 Å². The highest BCUT2D eigenvalue weighted by Gasteiger charge is 2.22. The van der Waals surface area contributed by atoms with Crippen LogP contribution in [-0.2, 0) is 14.3 Å². The van der Waals surface area contributed by atoms with Crippen molar-refractivity contribution in [3.63, 3.8) is 0 Å². The fraction of sp³-hybridized carbons (Fsp3) is 0.417. The molecule has 0 saturated carbocycles. The quantitative estimate of drug-likeness (QED) is 0.528. The number of carbonyl (C=O) groups excluding carboxylic acids is 2. The van der Waals surface area contributed by atoms with Gasteiger partial charge >= 0.3 is 11.9 Å². The molecule has 0 aliphatic rings. The monoisotopic (exact) mass is 411 g/mol. The maximum absolute atomic E-state index is 11.9. The van der Waals surface area contributed by atoms with E-state index in [1.807, 2.05) is 0 Å². The van der Waals surface area contributed by atoms with E-state index in [2.05, 4.69) is 27.9 Å². The molecule has 0 fully saturated rings. The summed E-state index contributed by atoms with van der Waals surface area (Å²) in [5, 5.41) is 13.1. The predicted octanol–water partition coefficient (Wildman–Crippen LogP) is 1.88. The van der Waals surface area contributed by atoms with Crippen molar-refractivity contribution in [2.75, 3.05) is 6.61 Å². The minimum Gasteiger partial charge on any atom is -0.480 e. The number of carboxylic acid groups (broad SMARTS) is 1. The van der Waals surface area contributed by atoms with E-state index < -0.39 is 23.9 Å². The summed E-state index contributed by atoms with van der Waals surface area (Å²) in [6.07, 6.45) is -0.0482. The van der Waals surface area contributed by atoms with Crippen LogP contribution < -0.4 is 5.32 Å². The third-order valence-corrected chi connectivity index (χ3v) is 4.16. The van der Waals surface area contributed by atoms with E-state index in [0.717, 1.165) is 2.88 Å². The lowest BCUT2D eigenvalue weighted by Crippen LogP contribution is -2.41. The topological polar surface area (TPSA) is 92.7 Å². The van der Waals surface area contributed by atoms with Crippen LogP contribution in [0.15, 0.2) is 11.4 Å². The first-order valence-electron chi connectivity index (χ1n) is 5.87. The normalized spacial score (nSPS) is 11.7. The van der Waals surface area contributed by atoms with E-state index in [0.29, 0.717) is 5.56 Å². The molecule has 1 aromatic rings. The fourth-order valence-corrected chi connectivity index (χ4v) is 2.75. The first-order valence-corrected chi connectivity index (χ1v) is 7.83. The maximum Gasteiger partial charge on any atom is 0.326 e. The highest BCUT2D eigenvalue weighted by Crippen LogP contribution is 2.16. The fourth-order valence-electron chi connectivity index (χ4n) is 1.42. The molecule has 0 spiro atoms. The molecule has 0 radical (unpaired) electrons. The van der Waals surface area contributed by atoms with Crippen LogP contribution in [0, 0.1) is 2.88 Å². The number of ether oxygens (including phenoxy) is 1. The van der Waals surface area contributed by atoms with E-state index >= 15 is 0 Å². The zero-order chi connectivity index (χ0) is 15.1. The summed E-state index contributed by atoms with van der Waals surface area (Å²) in [6.45, 7) is 1.92. The number of thiophene rings is 1. The van der Waals surface area contributed by atoms with Crippen molar-refractivity contribution in [2.24, 2.45) is 0 Å². The SMILES string of the molecule is CCOC(=O)CC[C@H](NC(=O)c1csc(I)c1)C(=O)O. The molecule has 1 heterocycles. The molecule has 0 aliphatic carbocycles. The van der Waals surface area contributed by atoms with Gasteiger partial charge in [0.2, 0.25) is 0 Å². The number of hydrogen-bond donors (Lipinski definition) is 2. The summed E-state index contributed by atoms with van der Waals surface area (Å²) in [4.78, 5) is 34.1. The van der Waals surface area contributed by atoms with Crippen molar-refractivity contribution in [1.29, 1.82) is 0 Å². The van der Waals surface area contributed by atoms with Crippen LogP contribution in [0.4, 0.5) is 0 Å². The molecule has 8 heteroatoms. The van der Waals surface area contributed by atoms with Crippen LogP contribution in [0.25, 0.3) is 0 Å². The minimum absolute atomic E-state index is 0.00113. The van der Waals surface area contributed by atoms with Crippen molar-refractivity contribution in [1.82, 2.24) is 5.32 Å². The number of hydrogen-bond acceptors (Lipinski definition) is 5. The zero-order valence-electron chi connectivity index (χ0n) is 10.7. The Hall–Kier alpha value is -1.16. The summed E-state index contributed by atoms with van der Waals surface area (Å²) in [5.74, 6) is -2.11. The van der Waals surface area contributed by atoms with Gasteiger partial charge in [-0.15, -0.1) is 11.3 Å². The third-order valence-electron chi connectivity index (χ3n) is 2.38. The van der Waals surface area contributed by atoms with Gasteiger partial charge in [0, 0.05) is 11.8 Å². The molecule has 0 bridgehead atoms. The van der Waals surface area contributed by atoms with Gasteiger partial charge in [0.1, 0.15) is 6.04 Å². The second kappa shape index (κ2) is 8.20. The van der Waals surface area contributed by atoms with Crippen LogP contribution in [0.3, 0.4) is 0 Å². The number of halogens is 1. The van der Waals surface area contributed by atoms with Gasteiger partial charge < -0.3 is 15.2 Å². The van der Waals surface area contributed by atoms with E-state index in [-0.39, 0.29) is 19.4 Å².